The van der Waals surface area contributed by atoms with Gasteiger partial charge in [-0.2, -0.15) is 9.98 Å². The summed E-state index contributed by atoms with van der Waals surface area (Å²) in [6.07, 6.45) is 2.80. The van der Waals surface area contributed by atoms with Crippen LogP contribution in [0.3, 0.4) is 0 Å². The van der Waals surface area contributed by atoms with Gasteiger partial charge >= 0.3 is 0 Å². The van der Waals surface area contributed by atoms with Crippen molar-refractivity contribution < 1.29 is 9.59 Å². The van der Waals surface area contributed by atoms with Crippen LogP contribution in [0.25, 0.3) is 0 Å². The number of hydrogen-bond donors (Lipinski definition) is 1. The summed E-state index contributed by atoms with van der Waals surface area (Å²) in [5, 5.41) is 0. The molecule has 0 aliphatic heterocycles. The SMILES string of the molecule is NCc1cc(N=C=O)cc(N=C=O)c1. The molecule has 0 saturated carbocycles. The summed E-state index contributed by atoms with van der Waals surface area (Å²) >= 11 is 0. The monoisotopic (exact) mass is 189 g/mol. The van der Waals surface area contributed by atoms with Crippen LogP contribution in [0.2, 0.25) is 0 Å². The molecule has 0 atom stereocenters. The Kier molecular flexibility index (Phi) is 3.47. The summed E-state index contributed by atoms with van der Waals surface area (Å²) in [5.41, 5.74) is 6.88. The summed E-state index contributed by atoms with van der Waals surface area (Å²) in [4.78, 5) is 26.8. The van der Waals surface area contributed by atoms with Crippen LogP contribution < -0.4 is 5.73 Å². The maximum Gasteiger partial charge on any atom is 0.240 e. The van der Waals surface area contributed by atoms with Crippen LogP contribution in [0.4, 0.5) is 11.4 Å². The molecule has 1 rings (SSSR count). The number of nitrogens with two attached hydrogens (primary N) is 1. The third-order valence-corrected chi connectivity index (χ3v) is 1.55. The second kappa shape index (κ2) is 4.84. The average molecular weight is 189 g/mol. The molecule has 0 fully saturated rings. The fourth-order valence-corrected chi connectivity index (χ4v) is 1.01. The zero-order chi connectivity index (χ0) is 10.4. The van der Waals surface area contributed by atoms with E-state index >= 15 is 0 Å². The summed E-state index contributed by atoms with van der Waals surface area (Å²) in [6, 6.07) is 4.71. The number of carbonyl (C=O) groups excluding carboxylic acids is 2. The second-order valence-electron chi connectivity index (χ2n) is 2.47. The van der Waals surface area contributed by atoms with Gasteiger partial charge in [-0.3, -0.25) is 0 Å². The van der Waals surface area contributed by atoms with Gasteiger partial charge in [0.25, 0.3) is 0 Å². The van der Waals surface area contributed by atoms with Gasteiger partial charge in [-0.1, -0.05) is 0 Å². The Balaban J connectivity index is 3.25. The molecule has 0 bridgehead atoms. The normalized spacial score (nSPS) is 8.64. The van der Waals surface area contributed by atoms with Gasteiger partial charge in [0.1, 0.15) is 0 Å². The van der Waals surface area contributed by atoms with E-state index in [1.807, 2.05) is 0 Å². The highest BCUT2D eigenvalue weighted by atomic mass is 16.1. The van der Waals surface area contributed by atoms with E-state index in [0.717, 1.165) is 5.56 Å². The Morgan fingerprint density at radius 2 is 1.57 bits per heavy atom. The molecule has 5 nitrogen and oxygen atoms in total. The van der Waals surface area contributed by atoms with Crippen LogP contribution in [0, 0.1) is 0 Å². The lowest BCUT2D eigenvalue weighted by Crippen LogP contribution is -1.95. The number of aliphatic imine (C=N–C) groups is 2. The molecule has 0 spiro atoms. The highest BCUT2D eigenvalue weighted by Crippen LogP contribution is 2.22. The molecule has 14 heavy (non-hydrogen) atoms. The molecule has 70 valence electrons. The van der Waals surface area contributed by atoms with Gasteiger partial charge < -0.3 is 5.73 Å². The molecule has 0 aliphatic carbocycles. The van der Waals surface area contributed by atoms with Crippen LogP contribution in [0.15, 0.2) is 28.2 Å². The van der Waals surface area contributed by atoms with E-state index in [4.69, 9.17) is 5.73 Å². The molecule has 0 unspecified atom stereocenters. The van der Waals surface area contributed by atoms with Crippen molar-refractivity contribution in [2.75, 3.05) is 0 Å². The highest BCUT2D eigenvalue weighted by molar-refractivity contribution is 5.60. The van der Waals surface area contributed by atoms with E-state index in [0.29, 0.717) is 11.4 Å². The van der Waals surface area contributed by atoms with Crippen molar-refractivity contribution in [2.24, 2.45) is 15.7 Å². The molecule has 0 heterocycles. The minimum Gasteiger partial charge on any atom is -0.326 e. The van der Waals surface area contributed by atoms with Crippen LogP contribution in [-0.4, -0.2) is 12.2 Å². The molecule has 0 radical (unpaired) electrons. The van der Waals surface area contributed by atoms with Crippen molar-refractivity contribution in [2.45, 2.75) is 6.54 Å². The predicted molar refractivity (Wildman–Crippen MR) is 49.9 cm³/mol. The van der Waals surface area contributed by atoms with Crippen LogP contribution in [0.5, 0.6) is 0 Å². The fraction of sp³-hybridized carbons (Fsp3) is 0.111. The fourth-order valence-electron chi connectivity index (χ4n) is 1.01. The lowest BCUT2D eigenvalue weighted by Gasteiger charge is -1.99. The summed E-state index contributed by atoms with van der Waals surface area (Å²) in [7, 11) is 0. The first-order valence-corrected chi connectivity index (χ1v) is 3.80. The summed E-state index contributed by atoms with van der Waals surface area (Å²) < 4.78 is 0. The van der Waals surface area contributed by atoms with Crippen molar-refractivity contribution >= 4 is 23.5 Å². The largest absolute Gasteiger partial charge is 0.326 e. The molecule has 0 aliphatic rings. The quantitative estimate of drug-likeness (QED) is 0.570. The number of nitrogens with zero attached hydrogens (tertiary/aromatic N) is 2. The van der Waals surface area contributed by atoms with Crippen LogP contribution in [-0.2, 0) is 16.1 Å². The maximum absolute atomic E-state index is 10.0. The van der Waals surface area contributed by atoms with Gasteiger partial charge in [-0.15, -0.1) is 0 Å². The first-order valence-electron chi connectivity index (χ1n) is 3.80. The van der Waals surface area contributed by atoms with Crippen LogP contribution in [0.1, 0.15) is 5.56 Å². The smallest absolute Gasteiger partial charge is 0.240 e. The van der Waals surface area contributed by atoms with Crippen molar-refractivity contribution in [3.8, 4) is 0 Å². The minimum absolute atomic E-state index is 0.281. The Morgan fingerprint density at radius 1 is 1.07 bits per heavy atom. The third-order valence-electron chi connectivity index (χ3n) is 1.55. The number of benzene rings is 1. The van der Waals surface area contributed by atoms with E-state index in [1.54, 1.807) is 12.1 Å². The van der Waals surface area contributed by atoms with E-state index in [1.165, 1.54) is 18.2 Å². The van der Waals surface area contributed by atoms with Crippen molar-refractivity contribution in [3.63, 3.8) is 0 Å². The van der Waals surface area contributed by atoms with E-state index in [2.05, 4.69) is 9.98 Å². The van der Waals surface area contributed by atoms with Gasteiger partial charge in [-0.05, 0) is 23.8 Å². The lowest BCUT2D eigenvalue weighted by molar-refractivity contribution is 0.565. The Labute approximate surface area is 80.0 Å². The highest BCUT2D eigenvalue weighted by Gasteiger charge is 1.98. The van der Waals surface area contributed by atoms with Gasteiger partial charge in [0, 0.05) is 6.54 Å². The number of hydrogen-bond acceptors (Lipinski definition) is 5. The third kappa shape index (κ3) is 2.47. The zero-order valence-corrected chi connectivity index (χ0v) is 7.23. The molecule has 0 amide bonds. The first-order chi connectivity index (χ1) is 6.80. The number of rotatable bonds is 3. The Hall–Kier alpha value is -2.06. The topological polar surface area (TPSA) is 84.9 Å². The Morgan fingerprint density at radius 3 is 1.93 bits per heavy atom. The summed E-state index contributed by atoms with van der Waals surface area (Å²) in [6.45, 7) is 0.281. The average Bonchev–Trinajstić information content (AvgIpc) is 2.18. The molecule has 0 saturated heterocycles. The molecule has 1 aromatic rings. The molecular weight excluding hydrogens is 182 g/mol. The minimum atomic E-state index is 0.281. The standard InChI is InChI=1S/C9H7N3O2/c10-4-7-1-8(11-5-13)3-9(2-7)12-6-14/h1-3H,4,10H2. The molecule has 2 N–H and O–H groups in total. The van der Waals surface area contributed by atoms with E-state index in [9.17, 15) is 9.59 Å². The van der Waals surface area contributed by atoms with Crippen molar-refractivity contribution in [3.05, 3.63) is 23.8 Å². The lowest BCUT2D eigenvalue weighted by atomic mass is 10.2. The molecule has 0 aromatic heterocycles. The summed E-state index contributed by atoms with van der Waals surface area (Å²) in [5.74, 6) is 0. The Bertz CT molecular complexity index is 393. The van der Waals surface area contributed by atoms with Crippen molar-refractivity contribution in [1.82, 2.24) is 0 Å². The maximum atomic E-state index is 10.0. The number of isocyanates is 2. The molecule has 5 heteroatoms. The van der Waals surface area contributed by atoms with E-state index in [-0.39, 0.29) is 6.54 Å². The predicted octanol–water partition coefficient (Wildman–Crippen LogP) is 1.08. The zero-order valence-electron chi connectivity index (χ0n) is 7.23. The van der Waals surface area contributed by atoms with Gasteiger partial charge in [-0.25, -0.2) is 9.59 Å². The first kappa shape index (κ1) is 10.0. The second-order valence-corrected chi connectivity index (χ2v) is 2.47. The van der Waals surface area contributed by atoms with Gasteiger partial charge in [0.2, 0.25) is 12.2 Å². The van der Waals surface area contributed by atoms with Gasteiger partial charge in [0.15, 0.2) is 0 Å². The van der Waals surface area contributed by atoms with Crippen LogP contribution >= 0.6 is 0 Å². The van der Waals surface area contributed by atoms with E-state index < -0.39 is 0 Å². The molecule has 1 aromatic carbocycles. The van der Waals surface area contributed by atoms with Gasteiger partial charge in [0.05, 0.1) is 11.4 Å². The molecular formula is C9H7N3O2. The van der Waals surface area contributed by atoms with Crippen molar-refractivity contribution in [1.29, 1.82) is 0 Å².